The SMILES string of the molecule is Cc1ccc([N+](=O)[O-])cc1C(=O)N1C[C@@H](N)[C@H](c2ccccc2)C1. The van der Waals surface area contributed by atoms with Crippen LogP contribution < -0.4 is 5.73 Å². The van der Waals surface area contributed by atoms with Crippen molar-refractivity contribution >= 4 is 11.6 Å². The van der Waals surface area contributed by atoms with Crippen molar-refractivity contribution in [3.05, 3.63) is 75.3 Å². The summed E-state index contributed by atoms with van der Waals surface area (Å²) < 4.78 is 0. The van der Waals surface area contributed by atoms with Crippen LogP contribution in [0.4, 0.5) is 5.69 Å². The highest BCUT2D eigenvalue weighted by Crippen LogP contribution is 2.28. The van der Waals surface area contributed by atoms with Crippen LogP contribution in [0.25, 0.3) is 0 Å². The van der Waals surface area contributed by atoms with Crippen LogP contribution >= 0.6 is 0 Å². The molecule has 2 aromatic rings. The summed E-state index contributed by atoms with van der Waals surface area (Å²) in [6.07, 6.45) is 0. The lowest BCUT2D eigenvalue weighted by molar-refractivity contribution is -0.384. The Balaban J connectivity index is 1.84. The summed E-state index contributed by atoms with van der Waals surface area (Å²) in [4.78, 5) is 25.0. The molecule has 1 saturated heterocycles. The molecule has 0 aliphatic carbocycles. The molecule has 1 aliphatic rings. The molecule has 0 aromatic heterocycles. The van der Waals surface area contributed by atoms with Crippen molar-refractivity contribution in [3.63, 3.8) is 0 Å². The zero-order chi connectivity index (χ0) is 17.3. The second kappa shape index (κ2) is 6.41. The highest BCUT2D eigenvalue weighted by molar-refractivity contribution is 5.96. The fraction of sp³-hybridized carbons (Fsp3) is 0.278. The quantitative estimate of drug-likeness (QED) is 0.693. The number of benzene rings is 2. The van der Waals surface area contributed by atoms with Gasteiger partial charge in [-0.05, 0) is 18.1 Å². The highest BCUT2D eigenvalue weighted by Gasteiger charge is 2.34. The molecule has 6 heteroatoms. The number of non-ortho nitro benzene ring substituents is 1. The zero-order valence-electron chi connectivity index (χ0n) is 13.4. The minimum absolute atomic E-state index is 0.0768. The average Bonchev–Trinajstić information content (AvgIpc) is 2.97. The van der Waals surface area contributed by atoms with Gasteiger partial charge < -0.3 is 10.6 Å². The molecule has 1 amide bonds. The standard InChI is InChI=1S/C18H19N3O3/c1-12-7-8-14(21(23)24)9-15(12)18(22)20-10-16(17(19)11-20)13-5-3-2-4-6-13/h2-9,16-17H,10-11,19H2,1H3/t16-,17+/m0/s1. The van der Waals surface area contributed by atoms with E-state index in [1.807, 2.05) is 30.3 Å². The molecule has 0 unspecified atom stereocenters. The van der Waals surface area contributed by atoms with Crippen LogP contribution in [-0.4, -0.2) is 34.9 Å². The van der Waals surface area contributed by atoms with Gasteiger partial charge >= 0.3 is 0 Å². The van der Waals surface area contributed by atoms with E-state index in [-0.39, 0.29) is 23.6 Å². The van der Waals surface area contributed by atoms with E-state index < -0.39 is 4.92 Å². The van der Waals surface area contributed by atoms with Gasteiger partial charge in [-0.1, -0.05) is 36.4 Å². The normalized spacial score (nSPS) is 20.2. The second-order valence-corrected chi connectivity index (χ2v) is 6.15. The largest absolute Gasteiger partial charge is 0.336 e. The number of nitro groups is 1. The van der Waals surface area contributed by atoms with Gasteiger partial charge in [-0.15, -0.1) is 0 Å². The number of aryl methyl sites for hydroxylation is 1. The van der Waals surface area contributed by atoms with E-state index in [1.165, 1.54) is 12.1 Å². The fourth-order valence-electron chi connectivity index (χ4n) is 3.17. The molecule has 0 saturated carbocycles. The number of amides is 1. The van der Waals surface area contributed by atoms with Crippen LogP contribution in [0.5, 0.6) is 0 Å². The van der Waals surface area contributed by atoms with Gasteiger partial charge in [-0.2, -0.15) is 0 Å². The molecular weight excluding hydrogens is 306 g/mol. The van der Waals surface area contributed by atoms with Crippen molar-refractivity contribution in [2.75, 3.05) is 13.1 Å². The number of hydrogen-bond donors (Lipinski definition) is 1. The molecule has 1 aliphatic heterocycles. The Labute approximate surface area is 140 Å². The Morgan fingerprint density at radius 1 is 1.21 bits per heavy atom. The van der Waals surface area contributed by atoms with Crippen LogP contribution in [0.1, 0.15) is 27.4 Å². The molecule has 3 rings (SSSR count). The van der Waals surface area contributed by atoms with Crippen molar-refractivity contribution in [2.24, 2.45) is 5.73 Å². The summed E-state index contributed by atoms with van der Waals surface area (Å²) in [5, 5.41) is 11.0. The average molecular weight is 325 g/mol. The first-order chi connectivity index (χ1) is 11.5. The Kier molecular flexibility index (Phi) is 4.31. The number of carbonyl (C=O) groups excluding carboxylic acids is 1. The van der Waals surface area contributed by atoms with E-state index in [0.29, 0.717) is 18.7 Å². The maximum absolute atomic E-state index is 12.8. The Morgan fingerprint density at radius 2 is 1.92 bits per heavy atom. The van der Waals surface area contributed by atoms with Crippen molar-refractivity contribution in [2.45, 2.75) is 18.9 Å². The molecule has 24 heavy (non-hydrogen) atoms. The van der Waals surface area contributed by atoms with E-state index >= 15 is 0 Å². The van der Waals surface area contributed by atoms with Crippen LogP contribution in [-0.2, 0) is 0 Å². The van der Waals surface area contributed by atoms with Gasteiger partial charge in [-0.25, -0.2) is 0 Å². The number of likely N-dealkylation sites (tertiary alicyclic amines) is 1. The summed E-state index contributed by atoms with van der Waals surface area (Å²) >= 11 is 0. The smallest absolute Gasteiger partial charge is 0.270 e. The molecular formula is C18H19N3O3. The van der Waals surface area contributed by atoms with Crippen LogP contribution in [0, 0.1) is 17.0 Å². The van der Waals surface area contributed by atoms with Gasteiger partial charge in [0.25, 0.3) is 11.6 Å². The second-order valence-electron chi connectivity index (χ2n) is 6.15. The number of hydrogen-bond acceptors (Lipinski definition) is 4. The van der Waals surface area contributed by atoms with Gasteiger partial charge in [0.1, 0.15) is 0 Å². The zero-order valence-corrected chi connectivity index (χ0v) is 13.4. The maximum Gasteiger partial charge on any atom is 0.270 e. The predicted octanol–water partition coefficient (Wildman–Crippen LogP) is 2.47. The van der Waals surface area contributed by atoms with Crippen molar-refractivity contribution < 1.29 is 9.72 Å². The van der Waals surface area contributed by atoms with Crippen LogP contribution in [0.2, 0.25) is 0 Å². The number of carbonyl (C=O) groups is 1. The molecule has 6 nitrogen and oxygen atoms in total. The number of nitro benzene ring substituents is 1. The van der Waals surface area contributed by atoms with Crippen molar-refractivity contribution in [1.29, 1.82) is 0 Å². The molecule has 2 N–H and O–H groups in total. The molecule has 0 bridgehead atoms. The van der Waals surface area contributed by atoms with E-state index in [1.54, 1.807) is 17.9 Å². The van der Waals surface area contributed by atoms with Gasteiger partial charge in [0, 0.05) is 42.7 Å². The molecule has 2 aromatic carbocycles. The molecule has 124 valence electrons. The number of nitrogens with two attached hydrogens (primary N) is 1. The lowest BCUT2D eigenvalue weighted by Gasteiger charge is -2.17. The van der Waals surface area contributed by atoms with Gasteiger partial charge in [0.2, 0.25) is 0 Å². The predicted molar refractivity (Wildman–Crippen MR) is 90.9 cm³/mol. The molecule has 0 radical (unpaired) electrons. The third kappa shape index (κ3) is 3.00. The van der Waals surface area contributed by atoms with E-state index in [0.717, 1.165) is 11.1 Å². The van der Waals surface area contributed by atoms with Gasteiger partial charge in [0.15, 0.2) is 0 Å². The Hall–Kier alpha value is -2.73. The lowest BCUT2D eigenvalue weighted by atomic mass is 9.95. The summed E-state index contributed by atoms with van der Waals surface area (Å²) in [5.41, 5.74) is 8.35. The topological polar surface area (TPSA) is 89.5 Å². The third-order valence-electron chi connectivity index (χ3n) is 4.54. The summed E-state index contributed by atoms with van der Waals surface area (Å²) in [6.45, 7) is 2.74. The van der Waals surface area contributed by atoms with Crippen LogP contribution in [0.15, 0.2) is 48.5 Å². The first kappa shape index (κ1) is 16.1. The monoisotopic (exact) mass is 325 g/mol. The summed E-state index contributed by atoms with van der Waals surface area (Å²) in [7, 11) is 0. The minimum Gasteiger partial charge on any atom is -0.336 e. The Morgan fingerprint density at radius 3 is 2.58 bits per heavy atom. The van der Waals surface area contributed by atoms with Gasteiger partial charge in [-0.3, -0.25) is 14.9 Å². The summed E-state index contributed by atoms with van der Waals surface area (Å²) in [5.74, 6) is -0.126. The minimum atomic E-state index is -0.487. The first-order valence-electron chi connectivity index (χ1n) is 7.82. The molecule has 2 atom stereocenters. The van der Waals surface area contributed by atoms with Crippen molar-refractivity contribution in [1.82, 2.24) is 4.90 Å². The molecule has 1 fully saturated rings. The number of nitrogens with zero attached hydrogens (tertiary/aromatic N) is 2. The molecule has 1 heterocycles. The third-order valence-corrected chi connectivity index (χ3v) is 4.54. The maximum atomic E-state index is 12.8. The lowest BCUT2D eigenvalue weighted by Crippen LogP contribution is -2.32. The van der Waals surface area contributed by atoms with E-state index in [2.05, 4.69) is 0 Å². The van der Waals surface area contributed by atoms with E-state index in [4.69, 9.17) is 5.73 Å². The first-order valence-corrected chi connectivity index (χ1v) is 7.82. The fourth-order valence-corrected chi connectivity index (χ4v) is 3.17. The van der Waals surface area contributed by atoms with Gasteiger partial charge in [0.05, 0.1) is 4.92 Å². The summed E-state index contributed by atoms with van der Waals surface area (Å²) in [6, 6.07) is 14.1. The van der Waals surface area contributed by atoms with E-state index in [9.17, 15) is 14.9 Å². The molecule has 0 spiro atoms. The highest BCUT2D eigenvalue weighted by atomic mass is 16.6. The Bertz CT molecular complexity index is 776. The number of rotatable bonds is 3. The van der Waals surface area contributed by atoms with Crippen LogP contribution in [0.3, 0.4) is 0 Å². The van der Waals surface area contributed by atoms with Crippen molar-refractivity contribution in [3.8, 4) is 0 Å².